The molecule has 6 heteroatoms. The highest BCUT2D eigenvalue weighted by Crippen LogP contribution is 2.29. The van der Waals surface area contributed by atoms with Crippen molar-refractivity contribution in [3.05, 3.63) is 24.3 Å². The number of anilines is 1. The van der Waals surface area contributed by atoms with Crippen LogP contribution in [-0.2, 0) is 10.0 Å². The van der Waals surface area contributed by atoms with Gasteiger partial charge in [-0.15, -0.1) is 0 Å². The van der Waals surface area contributed by atoms with E-state index < -0.39 is 10.0 Å². The maximum Gasteiger partial charge on any atom is 0.242 e. The molecule has 0 aromatic heterocycles. The normalized spacial score (nSPS) is 26.6. The van der Waals surface area contributed by atoms with Gasteiger partial charge in [0.25, 0.3) is 0 Å². The van der Waals surface area contributed by atoms with E-state index in [1.807, 2.05) is 12.1 Å². The fourth-order valence-electron chi connectivity index (χ4n) is 3.22. The molecule has 1 aromatic rings. The molecule has 0 radical (unpaired) electrons. The van der Waals surface area contributed by atoms with Crippen LogP contribution in [0.1, 0.15) is 19.3 Å². The van der Waals surface area contributed by atoms with Crippen LogP contribution in [0.25, 0.3) is 0 Å². The standard InChI is InChI=1S/C14H21N3O2S/c1-15-20(18,19)14-5-3-2-4-13(14)17-9-8-11-6-7-12(10-17)16-11/h2-5,11-12,15-16H,6-10H2,1H3. The van der Waals surface area contributed by atoms with E-state index in [1.165, 1.54) is 19.9 Å². The van der Waals surface area contributed by atoms with Gasteiger partial charge >= 0.3 is 0 Å². The minimum absolute atomic E-state index is 0.375. The third kappa shape index (κ3) is 2.55. The first-order chi connectivity index (χ1) is 9.60. The van der Waals surface area contributed by atoms with Crippen LogP contribution < -0.4 is 14.9 Å². The van der Waals surface area contributed by atoms with Crippen molar-refractivity contribution >= 4 is 15.7 Å². The number of nitrogens with zero attached hydrogens (tertiary/aromatic N) is 1. The van der Waals surface area contributed by atoms with Crippen molar-refractivity contribution in [1.29, 1.82) is 0 Å². The first kappa shape index (κ1) is 13.9. The van der Waals surface area contributed by atoms with Crippen molar-refractivity contribution in [3.63, 3.8) is 0 Å². The average molecular weight is 295 g/mol. The van der Waals surface area contributed by atoms with Gasteiger partial charge in [-0.1, -0.05) is 12.1 Å². The van der Waals surface area contributed by atoms with Crippen LogP contribution in [0.2, 0.25) is 0 Å². The number of benzene rings is 1. The highest BCUT2D eigenvalue weighted by molar-refractivity contribution is 7.89. The van der Waals surface area contributed by atoms with Gasteiger partial charge in [-0.25, -0.2) is 13.1 Å². The lowest BCUT2D eigenvalue weighted by Gasteiger charge is -2.28. The van der Waals surface area contributed by atoms with E-state index in [0.29, 0.717) is 17.0 Å². The monoisotopic (exact) mass is 295 g/mol. The molecule has 2 saturated heterocycles. The van der Waals surface area contributed by atoms with E-state index in [-0.39, 0.29) is 0 Å². The molecule has 20 heavy (non-hydrogen) atoms. The number of sulfonamides is 1. The number of rotatable bonds is 3. The summed E-state index contributed by atoms with van der Waals surface area (Å²) < 4.78 is 26.7. The van der Waals surface area contributed by atoms with Crippen LogP contribution in [-0.4, -0.2) is 40.6 Å². The van der Waals surface area contributed by atoms with Crippen LogP contribution in [0.5, 0.6) is 0 Å². The first-order valence-corrected chi connectivity index (χ1v) is 8.62. The third-order valence-electron chi connectivity index (χ3n) is 4.29. The molecule has 2 aliphatic heterocycles. The molecule has 0 amide bonds. The number of fused-ring (bicyclic) bond motifs is 2. The van der Waals surface area contributed by atoms with Gasteiger partial charge in [-0.2, -0.15) is 0 Å². The predicted molar refractivity (Wildman–Crippen MR) is 79.5 cm³/mol. The molecule has 3 rings (SSSR count). The van der Waals surface area contributed by atoms with Gasteiger partial charge in [0.05, 0.1) is 5.69 Å². The second-order valence-corrected chi connectivity index (χ2v) is 7.40. The topological polar surface area (TPSA) is 61.4 Å². The average Bonchev–Trinajstić information content (AvgIpc) is 2.78. The summed E-state index contributed by atoms with van der Waals surface area (Å²) in [6.45, 7) is 1.79. The summed E-state index contributed by atoms with van der Waals surface area (Å²) in [5, 5.41) is 3.62. The Bertz CT molecular complexity index is 588. The van der Waals surface area contributed by atoms with Crippen LogP contribution >= 0.6 is 0 Å². The molecule has 2 unspecified atom stereocenters. The lowest BCUT2D eigenvalue weighted by atomic mass is 10.1. The van der Waals surface area contributed by atoms with E-state index in [1.54, 1.807) is 12.1 Å². The van der Waals surface area contributed by atoms with Crippen molar-refractivity contribution < 1.29 is 8.42 Å². The highest BCUT2D eigenvalue weighted by atomic mass is 32.2. The summed E-state index contributed by atoms with van der Waals surface area (Å²) in [6, 6.07) is 8.34. The van der Waals surface area contributed by atoms with Crippen LogP contribution in [0.15, 0.2) is 29.2 Å². The van der Waals surface area contributed by atoms with Gasteiger partial charge in [0.1, 0.15) is 4.90 Å². The summed E-state index contributed by atoms with van der Waals surface area (Å²) in [4.78, 5) is 2.58. The van der Waals surface area contributed by atoms with Crippen molar-refractivity contribution in [1.82, 2.24) is 10.0 Å². The zero-order valence-electron chi connectivity index (χ0n) is 11.7. The zero-order valence-corrected chi connectivity index (χ0v) is 12.5. The Morgan fingerprint density at radius 2 is 1.95 bits per heavy atom. The molecule has 110 valence electrons. The molecular formula is C14H21N3O2S. The van der Waals surface area contributed by atoms with Crippen molar-refractivity contribution in [2.75, 3.05) is 25.0 Å². The van der Waals surface area contributed by atoms with Crippen molar-refractivity contribution in [2.45, 2.75) is 36.2 Å². The summed E-state index contributed by atoms with van der Waals surface area (Å²) in [6.07, 6.45) is 3.50. The van der Waals surface area contributed by atoms with Gasteiger partial charge in [0, 0.05) is 25.2 Å². The predicted octanol–water partition coefficient (Wildman–Crippen LogP) is 0.925. The summed E-state index contributed by atoms with van der Waals surface area (Å²) in [7, 11) is -1.96. The van der Waals surface area contributed by atoms with E-state index in [2.05, 4.69) is 14.9 Å². The Kier molecular flexibility index (Phi) is 3.70. The summed E-state index contributed by atoms with van der Waals surface area (Å²) in [5.41, 5.74) is 0.816. The maximum absolute atomic E-state index is 12.2. The van der Waals surface area contributed by atoms with E-state index in [4.69, 9.17) is 0 Å². The molecule has 2 aliphatic rings. The lowest BCUT2D eigenvalue weighted by Crippen LogP contribution is -2.36. The summed E-state index contributed by atoms with van der Waals surface area (Å²) >= 11 is 0. The summed E-state index contributed by atoms with van der Waals surface area (Å²) in [5.74, 6) is 0. The van der Waals surface area contributed by atoms with E-state index in [9.17, 15) is 8.42 Å². The lowest BCUT2D eigenvalue weighted by molar-refractivity contribution is 0.563. The third-order valence-corrected chi connectivity index (χ3v) is 5.75. The van der Waals surface area contributed by atoms with Crippen LogP contribution in [0, 0.1) is 0 Å². The molecule has 2 heterocycles. The van der Waals surface area contributed by atoms with Gasteiger partial charge in [-0.05, 0) is 38.4 Å². The number of nitrogens with one attached hydrogen (secondary N) is 2. The minimum Gasteiger partial charge on any atom is -0.369 e. The van der Waals surface area contributed by atoms with Crippen molar-refractivity contribution in [3.8, 4) is 0 Å². The molecule has 0 spiro atoms. The van der Waals surface area contributed by atoms with Gasteiger partial charge in [0.15, 0.2) is 0 Å². The molecule has 2 bridgehead atoms. The molecule has 2 fully saturated rings. The Morgan fingerprint density at radius 3 is 2.75 bits per heavy atom. The molecule has 1 aromatic carbocycles. The van der Waals surface area contributed by atoms with Crippen LogP contribution in [0.3, 0.4) is 0 Å². The Balaban J connectivity index is 1.94. The minimum atomic E-state index is -3.42. The van der Waals surface area contributed by atoms with Gasteiger partial charge in [0.2, 0.25) is 10.0 Å². The zero-order chi connectivity index (χ0) is 14.2. The van der Waals surface area contributed by atoms with Gasteiger partial charge in [-0.3, -0.25) is 0 Å². The number of para-hydroxylation sites is 1. The largest absolute Gasteiger partial charge is 0.369 e. The molecule has 2 N–H and O–H groups in total. The van der Waals surface area contributed by atoms with E-state index >= 15 is 0 Å². The van der Waals surface area contributed by atoms with Crippen LogP contribution in [0.4, 0.5) is 5.69 Å². The first-order valence-electron chi connectivity index (χ1n) is 7.14. The second-order valence-electron chi connectivity index (χ2n) is 5.55. The number of hydrogen-bond donors (Lipinski definition) is 2. The van der Waals surface area contributed by atoms with Crippen molar-refractivity contribution in [2.24, 2.45) is 0 Å². The smallest absolute Gasteiger partial charge is 0.242 e. The molecule has 2 atom stereocenters. The fourth-order valence-corrected chi connectivity index (χ4v) is 4.17. The Morgan fingerprint density at radius 1 is 1.20 bits per heavy atom. The fraction of sp³-hybridized carbons (Fsp3) is 0.571. The second kappa shape index (κ2) is 5.35. The SMILES string of the molecule is CNS(=O)(=O)c1ccccc1N1CCC2CCC(C1)N2. The highest BCUT2D eigenvalue weighted by Gasteiger charge is 2.31. The molecule has 5 nitrogen and oxygen atoms in total. The van der Waals surface area contributed by atoms with Gasteiger partial charge < -0.3 is 10.2 Å². The maximum atomic E-state index is 12.2. The molecular weight excluding hydrogens is 274 g/mol. The Hall–Kier alpha value is -1.11. The van der Waals surface area contributed by atoms with E-state index in [0.717, 1.165) is 25.2 Å². The number of hydrogen-bond acceptors (Lipinski definition) is 4. The Labute approximate surface area is 120 Å². The molecule has 0 aliphatic carbocycles. The quantitative estimate of drug-likeness (QED) is 0.871. The molecule has 0 saturated carbocycles.